The number of hydrazone groups is 1. The molecule has 0 atom stereocenters. The Balaban J connectivity index is 2.04. The molecule has 0 bridgehead atoms. The predicted molar refractivity (Wildman–Crippen MR) is 98.2 cm³/mol. The summed E-state index contributed by atoms with van der Waals surface area (Å²) in [7, 11) is 0. The third-order valence-electron chi connectivity index (χ3n) is 3.75. The maximum absolute atomic E-state index is 12.0. The molecule has 2 rings (SSSR count). The van der Waals surface area contributed by atoms with E-state index in [0.717, 1.165) is 24.3 Å². The molecule has 0 aromatic heterocycles. The van der Waals surface area contributed by atoms with Gasteiger partial charge in [-0.1, -0.05) is 24.3 Å². The van der Waals surface area contributed by atoms with Crippen molar-refractivity contribution in [3.8, 4) is 0 Å². The van der Waals surface area contributed by atoms with Crippen LogP contribution in [0.5, 0.6) is 0 Å². The predicted octanol–water partition coefficient (Wildman–Crippen LogP) is 3.20. The van der Waals surface area contributed by atoms with E-state index in [0.29, 0.717) is 0 Å². The first-order valence-corrected chi connectivity index (χ1v) is 7.98. The molecule has 7 nitrogen and oxygen atoms in total. The number of nitro benzene ring substituents is 1. The Morgan fingerprint density at radius 1 is 1.16 bits per heavy atom. The van der Waals surface area contributed by atoms with Crippen molar-refractivity contribution in [3.63, 3.8) is 0 Å². The number of nitrogens with one attached hydrogen (secondary N) is 1. The van der Waals surface area contributed by atoms with Gasteiger partial charge in [0, 0.05) is 24.8 Å². The van der Waals surface area contributed by atoms with E-state index < -0.39 is 10.8 Å². The van der Waals surface area contributed by atoms with E-state index in [9.17, 15) is 14.9 Å². The fourth-order valence-electron chi connectivity index (χ4n) is 2.41. The largest absolute Gasteiger partial charge is 0.372 e. The molecule has 2 aromatic carbocycles. The Morgan fingerprint density at radius 2 is 1.80 bits per heavy atom. The number of hydrogen-bond acceptors (Lipinski definition) is 5. The van der Waals surface area contributed by atoms with Crippen LogP contribution in [0.15, 0.2) is 53.6 Å². The first-order valence-electron chi connectivity index (χ1n) is 7.98. The average Bonchev–Trinajstić information content (AvgIpc) is 2.64. The van der Waals surface area contributed by atoms with E-state index >= 15 is 0 Å². The maximum atomic E-state index is 12.0. The van der Waals surface area contributed by atoms with Crippen LogP contribution in [-0.2, 0) is 0 Å². The third kappa shape index (κ3) is 4.63. The molecule has 0 fully saturated rings. The summed E-state index contributed by atoms with van der Waals surface area (Å²) >= 11 is 0. The zero-order valence-electron chi connectivity index (χ0n) is 14.2. The lowest BCUT2D eigenvalue weighted by molar-refractivity contribution is -0.385. The molecule has 0 saturated heterocycles. The fourth-order valence-corrected chi connectivity index (χ4v) is 2.41. The van der Waals surface area contributed by atoms with Crippen molar-refractivity contribution in [2.75, 3.05) is 18.0 Å². The summed E-state index contributed by atoms with van der Waals surface area (Å²) in [4.78, 5) is 24.6. The molecule has 0 aliphatic heterocycles. The molecule has 0 aliphatic rings. The van der Waals surface area contributed by atoms with Gasteiger partial charge in [-0.05, 0) is 37.6 Å². The number of hydrogen-bond donors (Lipinski definition) is 1. The second-order valence-electron chi connectivity index (χ2n) is 5.24. The van der Waals surface area contributed by atoms with Crippen LogP contribution in [0, 0.1) is 10.1 Å². The second-order valence-corrected chi connectivity index (χ2v) is 5.24. The lowest BCUT2D eigenvalue weighted by atomic mass is 10.2. The van der Waals surface area contributed by atoms with Crippen molar-refractivity contribution in [3.05, 3.63) is 69.8 Å². The van der Waals surface area contributed by atoms with Gasteiger partial charge in [0.15, 0.2) is 0 Å². The van der Waals surface area contributed by atoms with Gasteiger partial charge < -0.3 is 4.90 Å². The minimum Gasteiger partial charge on any atom is -0.372 e. The molecule has 130 valence electrons. The summed E-state index contributed by atoms with van der Waals surface area (Å²) in [5, 5.41) is 14.8. The van der Waals surface area contributed by atoms with Gasteiger partial charge in [0.25, 0.3) is 11.6 Å². The molecule has 0 unspecified atom stereocenters. The first kappa shape index (κ1) is 18.1. The van der Waals surface area contributed by atoms with Crippen LogP contribution in [0.1, 0.15) is 29.8 Å². The molecule has 0 spiro atoms. The zero-order valence-corrected chi connectivity index (χ0v) is 14.2. The monoisotopic (exact) mass is 340 g/mol. The zero-order chi connectivity index (χ0) is 18.2. The molecule has 7 heteroatoms. The molecule has 2 aromatic rings. The minimum absolute atomic E-state index is 0.0264. The van der Waals surface area contributed by atoms with Crippen LogP contribution < -0.4 is 10.3 Å². The van der Waals surface area contributed by atoms with Crippen LogP contribution in [0.4, 0.5) is 11.4 Å². The minimum atomic E-state index is -0.622. The standard InChI is InChI=1S/C18H20N4O3/c1-3-21(4-2)15-11-9-14(10-12-15)13-19-20-18(23)16-7-5-6-8-17(16)22(24)25/h5-13H,3-4H2,1-2H3,(H,20,23)/b19-13-. The van der Waals surface area contributed by atoms with Gasteiger partial charge in [0.1, 0.15) is 5.56 Å². The Kier molecular flexibility index (Phi) is 6.22. The molecular weight excluding hydrogens is 320 g/mol. The van der Waals surface area contributed by atoms with E-state index in [-0.39, 0.29) is 11.3 Å². The summed E-state index contributed by atoms with van der Waals surface area (Å²) in [6, 6.07) is 13.5. The first-order chi connectivity index (χ1) is 12.1. The highest BCUT2D eigenvalue weighted by molar-refractivity contribution is 5.98. The number of carbonyl (C=O) groups excluding carboxylic acids is 1. The Bertz CT molecular complexity index is 768. The highest BCUT2D eigenvalue weighted by atomic mass is 16.6. The van der Waals surface area contributed by atoms with Crippen molar-refractivity contribution < 1.29 is 9.72 Å². The SMILES string of the molecule is CCN(CC)c1ccc(/C=N\NC(=O)c2ccccc2[N+](=O)[O-])cc1. The van der Waals surface area contributed by atoms with Gasteiger partial charge in [-0.3, -0.25) is 14.9 Å². The topological polar surface area (TPSA) is 87.8 Å². The Labute approximate surface area is 146 Å². The summed E-state index contributed by atoms with van der Waals surface area (Å²) in [6.07, 6.45) is 1.50. The van der Waals surface area contributed by atoms with Gasteiger partial charge in [-0.2, -0.15) is 5.10 Å². The Morgan fingerprint density at radius 3 is 2.40 bits per heavy atom. The van der Waals surface area contributed by atoms with Crippen molar-refractivity contribution in [2.45, 2.75) is 13.8 Å². The molecule has 0 saturated carbocycles. The number of benzene rings is 2. The van der Waals surface area contributed by atoms with Crippen molar-refractivity contribution in [1.82, 2.24) is 5.43 Å². The number of nitrogens with zero attached hydrogens (tertiary/aromatic N) is 3. The van der Waals surface area contributed by atoms with E-state index in [1.165, 1.54) is 24.4 Å². The number of rotatable bonds is 7. The van der Waals surface area contributed by atoms with Crippen LogP contribution in [0.25, 0.3) is 0 Å². The quantitative estimate of drug-likeness (QED) is 0.476. The van der Waals surface area contributed by atoms with E-state index in [4.69, 9.17) is 0 Å². The van der Waals surface area contributed by atoms with Gasteiger partial charge in [0.2, 0.25) is 0 Å². The van der Waals surface area contributed by atoms with Crippen LogP contribution >= 0.6 is 0 Å². The van der Waals surface area contributed by atoms with Gasteiger partial charge in [-0.25, -0.2) is 5.43 Å². The highest BCUT2D eigenvalue weighted by Gasteiger charge is 2.18. The van der Waals surface area contributed by atoms with Crippen LogP contribution in [-0.4, -0.2) is 30.1 Å². The Hall–Kier alpha value is -3.22. The number of amides is 1. The normalized spacial score (nSPS) is 10.6. The summed E-state index contributed by atoms with van der Waals surface area (Å²) < 4.78 is 0. The molecule has 1 N–H and O–H groups in total. The summed E-state index contributed by atoms with van der Waals surface area (Å²) in [5.41, 5.74) is 3.98. The second kappa shape index (κ2) is 8.58. The number of carbonyl (C=O) groups is 1. The number of para-hydroxylation sites is 1. The molecule has 25 heavy (non-hydrogen) atoms. The number of nitro groups is 1. The fraction of sp³-hybridized carbons (Fsp3) is 0.222. The highest BCUT2D eigenvalue weighted by Crippen LogP contribution is 2.17. The van der Waals surface area contributed by atoms with Crippen molar-refractivity contribution in [2.24, 2.45) is 5.10 Å². The lowest BCUT2D eigenvalue weighted by Gasteiger charge is -2.20. The van der Waals surface area contributed by atoms with Gasteiger partial charge in [0.05, 0.1) is 11.1 Å². The summed E-state index contributed by atoms with van der Waals surface area (Å²) in [5.74, 6) is -0.622. The van der Waals surface area contributed by atoms with E-state index in [1.54, 1.807) is 6.07 Å². The molecule has 0 heterocycles. The maximum Gasteiger partial charge on any atom is 0.282 e. The summed E-state index contributed by atoms with van der Waals surface area (Å²) in [6.45, 7) is 6.04. The molecule has 0 aliphatic carbocycles. The molecular formula is C18H20N4O3. The van der Waals surface area contributed by atoms with E-state index in [1.807, 2.05) is 24.3 Å². The molecule has 1 amide bonds. The average molecular weight is 340 g/mol. The van der Waals surface area contributed by atoms with Crippen molar-refractivity contribution in [1.29, 1.82) is 0 Å². The lowest BCUT2D eigenvalue weighted by Crippen LogP contribution is -2.21. The van der Waals surface area contributed by atoms with Crippen LogP contribution in [0.2, 0.25) is 0 Å². The van der Waals surface area contributed by atoms with E-state index in [2.05, 4.69) is 29.3 Å². The smallest absolute Gasteiger partial charge is 0.282 e. The number of anilines is 1. The van der Waals surface area contributed by atoms with Crippen LogP contribution in [0.3, 0.4) is 0 Å². The molecule has 0 radical (unpaired) electrons. The third-order valence-corrected chi connectivity index (χ3v) is 3.75. The van der Waals surface area contributed by atoms with Gasteiger partial charge >= 0.3 is 0 Å². The van der Waals surface area contributed by atoms with Crippen molar-refractivity contribution >= 4 is 23.5 Å². The van der Waals surface area contributed by atoms with Gasteiger partial charge in [-0.15, -0.1) is 0 Å².